The van der Waals surface area contributed by atoms with Crippen LogP contribution in [0.25, 0.3) is 0 Å². The van der Waals surface area contributed by atoms with Gasteiger partial charge >= 0.3 is 0 Å². The normalized spacial score (nSPS) is 10.7. The number of hydrogen-bond acceptors (Lipinski definition) is 4. The molecular weight excluding hydrogens is 401 g/mol. The fourth-order valence-corrected chi connectivity index (χ4v) is 3.72. The minimum Gasteiger partial charge on any atom is -0.296 e. The zero-order valence-corrected chi connectivity index (χ0v) is 16.1. The first-order valence-corrected chi connectivity index (χ1v) is 9.22. The maximum absolute atomic E-state index is 12.3. The molecule has 0 aliphatic heterocycles. The van der Waals surface area contributed by atoms with Crippen molar-refractivity contribution < 1.29 is 4.79 Å². The summed E-state index contributed by atoms with van der Waals surface area (Å²) >= 11 is 19.4. The molecule has 1 N–H and O–H groups in total. The molecule has 3 rings (SSSR count). The largest absolute Gasteiger partial charge is 0.296 e. The fraction of sp³-hybridized carbons (Fsp3) is 0.118. The number of carbonyl (C=O) groups excluding carboxylic acids is 1. The molecule has 0 saturated carbocycles. The number of pyridine rings is 1. The lowest BCUT2D eigenvalue weighted by Crippen LogP contribution is -2.14. The van der Waals surface area contributed by atoms with Gasteiger partial charge in [0, 0.05) is 16.3 Å². The maximum Gasteiger partial charge on any atom is 0.277 e. The van der Waals surface area contributed by atoms with E-state index in [1.54, 1.807) is 0 Å². The van der Waals surface area contributed by atoms with E-state index in [4.69, 9.17) is 34.8 Å². The summed E-state index contributed by atoms with van der Waals surface area (Å²) in [6.07, 6.45) is 0.648. The first kappa shape index (κ1) is 18.1. The SMILES string of the molecule is Cc1nc(NC(=O)c2nc(Cl)ccc2Cl)sc1Cc1ccccc1Cl. The van der Waals surface area contributed by atoms with Crippen molar-refractivity contribution in [3.8, 4) is 0 Å². The summed E-state index contributed by atoms with van der Waals surface area (Å²) in [5, 5.41) is 4.32. The van der Waals surface area contributed by atoms with Crippen LogP contribution in [-0.2, 0) is 6.42 Å². The van der Waals surface area contributed by atoms with Crippen molar-refractivity contribution in [1.82, 2.24) is 9.97 Å². The lowest BCUT2D eigenvalue weighted by atomic mass is 10.1. The molecular formula is C17H12Cl3N3OS. The second-order valence-electron chi connectivity index (χ2n) is 5.21. The van der Waals surface area contributed by atoms with Crippen LogP contribution in [0.3, 0.4) is 0 Å². The van der Waals surface area contributed by atoms with Crippen LogP contribution in [0.15, 0.2) is 36.4 Å². The maximum atomic E-state index is 12.3. The van der Waals surface area contributed by atoms with E-state index in [2.05, 4.69) is 15.3 Å². The summed E-state index contributed by atoms with van der Waals surface area (Å²) in [4.78, 5) is 21.7. The molecule has 1 aromatic carbocycles. The van der Waals surface area contributed by atoms with Crippen molar-refractivity contribution in [2.24, 2.45) is 0 Å². The third-order valence-electron chi connectivity index (χ3n) is 3.45. The molecule has 128 valence electrons. The third kappa shape index (κ3) is 4.30. The number of amides is 1. The zero-order chi connectivity index (χ0) is 18.0. The van der Waals surface area contributed by atoms with Gasteiger partial charge in [0.25, 0.3) is 5.91 Å². The molecule has 0 radical (unpaired) electrons. The highest BCUT2D eigenvalue weighted by atomic mass is 35.5. The first-order chi connectivity index (χ1) is 11.9. The number of anilines is 1. The van der Waals surface area contributed by atoms with E-state index < -0.39 is 5.91 Å². The summed E-state index contributed by atoms with van der Waals surface area (Å²) in [7, 11) is 0. The Hall–Kier alpha value is -1.66. The average molecular weight is 413 g/mol. The molecule has 8 heteroatoms. The molecule has 0 aliphatic rings. The number of nitrogens with zero attached hydrogens (tertiary/aromatic N) is 2. The van der Waals surface area contributed by atoms with Crippen LogP contribution in [-0.4, -0.2) is 15.9 Å². The Morgan fingerprint density at radius 2 is 1.84 bits per heavy atom. The molecule has 4 nitrogen and oxygen atoms in total. The quantitative estimate of drug-likeness (QED) is 0.563. The predicted octanol–water partition coefficient (Wildman–Crippen LogP) is 5.65. The third-order valence-corrected chi connectivity index (χ3v) is 5.41. The Balaban J connectivity index is 1.79. The molecule has 2 heterocycles. The van der Waals surface area contributed by atoms with Crippen molar-refractivity contribution in [2.45, 2.75) is 13.3 Å². The van der Waals surface area contributed by atoms with Crippen LogP contribution in [0, 0.1) is 6.92 Å². The van der Waals surface area contributed by atoms with Gasteiger partial charge < -0.3 is 0 Å². The van der Waals surface area contributed by atoms with Crippen LogP contribution in [0.4, 0.5) is 5.13 Å². The standard InChI is InChI=1S/C17H12Cl3N3OS/c1-9-13(8-10-4-2-3-5-11(10)18)25-17(21-9)23-16(24)15-12(19)6-7-14(20)22-15/h2-7H,8H2,1H3,(H,21,23,24). The molecule has 0 atom stereocenters. The van der Waals surface area contributed by atoms with Crippen LogP contribution in [0.1, 0.15) is 26.6 Å². The molecule has 25 heavy (non-hydrogen) atoms. The number of aromatic nitrogens is 2. The van der Waals surface area contributed by atoms with Gasteiger partial charge in [0.1, 0.15) is 10.8 Å². The van der Waals surface area contributed by atoms with Crippen molar-refractivity contribution >= 4 is 57.2 Å². The highest BCUT2D eigenvalue weighted by Crippen LogP contribution is 2.28. The van der Waals surface area contributed by atoms with Gasteiger partial charge in [-0.2, -0.15) is 0 Å². The second-order valence-corrected chi connectivity index (χ2v) is 7.50. The number of aryl methyl sites for hydroxylation is 1. The Labute approximate surface area is 163 Å². The van der Waals surface area contributed by atoms with E-state index in [0.717, 1.165) is 16.1 Å². The van der Waals surface area contributed by atoms with Gasteiger partial charge in [0.05, 0.1) is 10.7 Å². The van der Waals surface area contributed by atoms with Gasteiger partial charge in [0.15, 0.2) is 5.13 Å². The minimum absolute atomic E-state index is 0.0645. The Kier molecular flexibility index (Phi) is 5.59. The Bertz CT molecular complexity index is 943. The van der Waals surface area contributed by atoms with E-state index in [1.807, 2.05) is 31.2 Å². The Morgan fingerprint density at radius 3 is 2.60 bits per heavy atom. The molecule has 0 fully saturated rings. The summed E-state index contributed by atoms with van der Waals surface area (Å²) in [5.41, 5.74) is 1.91. The highest BCUT2D eigenvalue weighted by Gasteiger charge is 2.16. The van der Waals surface area contributed by atoms with Gasteiger partial charge in [-0.25, -0.2) is 9.97 Å². The topological polar surface area (TPSA) is 54.9 Å². The zero-order valence-electron chi connectivity index (χ0n) is 13.0. The predicted molar refractivity (Wildman–Crippen MR) is 103 cm³/mol. The number of nitrogens with one attached hydrogen (secondary N) is 1. The molecule has 2 aromatic heterocycles. The minimum atomic E-state index is -0.453. The van der Waals surface area contributed by atoms with E-state index in [1.165, 1.54) is 23.5 Å². The van der Waals surface area contributed by atoms with Crippen molar-refractivity contribution in [3.05, 3.63) is 73.4 Å². The molecule has 1 amide bonds. The molecule has 0 unspecified atom stereocenters. The van der Waals surface area contributed by atoms with Crippen LogP contribution in [0.2, 0.25) is 15.2 Å². The van der Waals surface area contributed by atoms with Crippen molar-refractivity contribution in [3.63, 3.8) is 0 Å². The highest BCUT2D eigenvalue weighted by molar-refractivity contribution is 7.15. The van der Waals surface area contributed by atoms with E-state index in [-0.39, 0.29) is 15.9 Å². The molecule has 0 spiro atoms. The summed E-state index contributed by atoms with van der Waals surface area (Å²) in [5.74, 6) is -0.453. The molecule has 0 bridgehead atoms. The van der Waals surface area contributed by atoms with Crippen molar-refractivity contribution in [2.75, 3.05) is 5.32 Å². The van der Waals surface area contributed by atoms with Gasteiger partial charge in [-0.1, -0.05) is 53.0 Å². The summed E-state index contributed by atoms with van der Waals surface area (Å²) in [6, 6.07) is 10.7. The molecule has 3 aromatic rings. The van der Waals surface area contributed by atoms with E-state index in [0.29, 0.717) is 16.6 Å². The first-order valence-electron chi connectivity index (χ1n) is 7.27. The second kappa shape index (κ2) is 7.70. The van der Waals surface area contributed by atoms with Crippen LogP contribution < -0.4 is 5.32 Å². The molecule has 0 aliphatic carbocycles. The van der Waals surface area contributed by atoms with Gasteiger partial charge in [-0.3, -0.25) is 10.1 Å². The number of hydrogen-bond donors (Lipinski definition) is 1. The van der Waals surface area contributed by atoms with Gasteiger partial charge in [-0.15, -0.1) is 11.3 Å². The van der Waals surface area contributed by atoms with Gasteiger partial charge in [-0.05, 0) is 30.7 Å². The number of benzene rings is 1. The smallest absolute Gasteiger partial charge is 0.277 e. The van der Waals surface area contributed by atoms with E-state index in [9.17, 15) is 4.79 Å². The number of halogens is 3. The summed E-state index contributed by atoms with van der Waals surface area (Å²) in [6.45, 7) is 1.89. The monoisotopic (exact) mass is 411 g/mol. The lowest BCUT2D eigenvalue weighted by Gasteiger charge is -2.03. The fourth-order valence-electron chi connectivity index (χ4n) is 2.19. The van der Waals surface area contributed by atoms with E-state index >= 15 is 0 Å². The lowest BCUT2D eigenvalue weighted by molar-refractivity contribution is 0.102. The van der Waals surface area contributed by atoms with Crippen LogP contribution in [0.5, 0.6) is 0 Å². The average Bonchev–Trinajstić information content (AvgIpc) is 2.91. The van der Waals surface area contributed by atoms with Gasteiger partial charge in [0.2, 0.25) is 0 Å². The van der Waals surface area contributed by atoms with Crippen LogP contribution >= 0.6 is 46.1 Å². The Morgan fingerprint density at radius 1 is 1.08 bits per heavy atom. The number of carbonyl (C=O) groups is 1. The summed E-state index contributed by atoms with van der Waals surface area (Å²) < 4.78 is 0. The number of rotatable bonds is 4. The molecule has 0 saturated heterocycles. The van der Waals surface area contributed by atoms with Crippen molar-refractivity contribution in [1.29, 1.82) is 0 Å². The number of thiazole rings is 1.